The topological polar surface area (TPSA) is 55.3 Å². The first-order valence-electron chi connectivity index (χ1n) is 3.49. The van der Waals surface area contributed by atoms with Gasteiger partial charge in [-0.1, -0.05) is 0 Å². The molecule has 0 fully saturated rings. The van der Waals surface area contributed by atoms with E-state index in [1.165, 1.54) is 7.05 Å². The molecule has 0 aliphatic carbocycles. The summed E-state index contributed by atoms with van der Waals surface area (Å²) in [4.78, 5) is 10.9. The number of nitrogen functional groups attached to an aromatic ring is 1. The average Bonchev–Trinajstić information content (AvgIpc) is 2.03. The van der Waals surface area contributed by atoms with Crippen molar-refractivity contribution in [3.05, 3.63) is 23.1 Å². The molecular formula is C8H11N2O2+. The molecule has 0 radical (unpaired) electrons. The fourth-order valence-electron chi connectivity index (χ4n) is 0.946. The lowest BCUT2D eigenvalue weighted by atomic mass is 10.2. The average molecular weight is 167 g/mol. The van der Waals surface area contributed by atoms with Crippen LogP contribution in [0.1, 0.15) is 0 Å². The van der Waals surface area contributed by atoms with E-state index in [-0.39, 0.29) is 0 Å². The predicted octanol–water partition coefficient (Wildman–Crippen LogP) is 1.32. The minimum atomic E-state index is 0.423. The molecule has 0 saturated heterocycles. The molecule has 0 spiro atoms. The Bertz CT molecular complexity index is 310. The summed E-state index contributed by atoms with van der Waals surface area (Å²) in [5.74, 6) is 0.651. The molecule has 0 aliphatic heterocycles. The first kappa shape index (κ1) is 8.52. The van der Waals surface area contributed by atoms with Crippen molar-refractivity contribution in [3.63, 3.8) is 0 Å². The van der Waals surface area contributed by atoms with Gasteiger partial charge >= 0.3 is 0 Å². The first-order chi connectivity index (χ1) is 5.65. The van der Waals surface area contributed by atoms with Gasteiger partial charge in [-0.15, -0.1) is 0 Å². The second-order valence-corrected chi connectivity index (χ2v) is 2.42. The number of ether oxygens (including phenoxy) is 1. The largest absolute Gasteiger partial charge is 0.497 e. The van der Waals surface area contributed by atoms with E-state index in [4.69, 9.17) is 10.5 Å². The standard InChI is InChI=1S/C8H11N2O2/c1-10(11)8-4-3-6(12-2)5-7(8)9/h3-5H,9H2,1-2H3/q+1. The molecule has 2 N–H and O–H groups in total. The van der Waals surface area contributed by atoms with Gasteiger partial charge in [-0.25, -0.2) is 0 Å². The summed E-state index contributed by atoms with van der Waals surface area (Å²) in [6.45, 7) is 0. The van der Waals surface area contributed by atoms with Crippen LogP contribution >= 0.6 is 0 Å². The zero-order chi connectivity index (χ0) is 9.14. The minimum absolute atomic E-state index is 0.423. The number of nitrogens with zero attached hydrogens (tertiary/aromatic N) is 1. The van der Waals surface area contributed by atoms with E-state index in [0.29, 0.717) is 17.1 Å². The summed E-state index contributed by atoms with van der Waals surface area (Å²) in [5, 5.41) is 0. The van der Waals surface area contributed by atoms with Gasteiger partial charge in [0.2, 0.25) is 0 Å². The highest BCUT2D eigenvalue weighted by molar-refractivity contribution is 5.60. The molecule has 0 aliphatic rings. The highest BCUT2D eigenvalue weighted by Gasteiger charge is 2.11. The van der Waals surface area contributed by atoms with Crippen LogP contribution in [0.25, 0.3) is 0 Å². The second kappa shape index (κ2) is 3.21. The van der Waals surface area contributed by atoms with Crippen molar-refractivity contribution in [2.24, 2.45) is 0 Å². The Kier molecular flexibility index (Phi) is 2.28. The lowest BCUT2D eigenvalue weighted by Crippen LogP contribution is -1.97. The van der Waals surface area contributed by atoms with Crippen molar-refractivity contribution in [1.82, 2.24) is 0 Å². The number of anilines is 1. The molecule has 1 aromatic carbocycles. The monoisotopic (exact) mass is 167 g/mol. The van der Waals surface area contributed by atoms with E-state index in [2.05, 4.69) is 0 Å². The molecule has 4 heteroatoms. The molecule has 0 atom stereocenters. The number of hydrogen-bond donors (Lipinski definition) is 1. The Hall–Kier alpha value is -1.58. The zero-order valence-corrected chi connectivity index (χ0v) is 7.07. The van der Waals surface area contributed by atoms with Crippen LogP contribution in [0.5, 0.6) is 5.75 Å². The van der Waals surface area contributed by atoms with Crippen molar-refractivity contribution < 1.29 is 9.50 Å². The smallest absolute Gasteiger partial charge is 0.278 e. The molecule has 4 nitrogen and oxygen atoms in total. The van der Waals surface area contributed by atoms with Gasteiger partial charge in [-0.2, -0.15) is 0 Å². The van der Waals surface area contributed by atoms with Gasteiger partial charge in [0.1, 0.15) is 11.4 Å². The number of methoxy groups -OCH3 is 1. The third kappa shape index (κ3) is 1.53. The van der Waals surface area contributed by atoms with Gasteiger partial charge in [0, 0.05) is 21.8 Å². The molecule has 64 valence electrons. The predicted molar refractivity (Wildman–Crippen MR) is 46.6 cm³/mol. The number of benzene rings is 1. The summed E-state index contributed by atoms with van der Waals surface area (Å²) in [6, 6.07) is 4.94. The minimum Gasteiger partial charge on any atom is -0.497 e. The summed E-state index contributed by atoms with van der Waals surface area (Å²) in [7, 11) is 2.95. The maximum atomic E-state index is 10.9. The van der Waals surface area contributed by atoms with Gasteiger partial charge in [0.15, 0.2) is 7.05 Å². The first-order valence-corrected chi connectivity index (χ1v) is 3.49. The van der Waals surface area contributed by atoms with Crippen LogP contribution in [0.3, 0.4) is 0 Å². The SMILES string of the molecule is COc1ccc([N+](C)=O)c(N)c1. The molecule has 12 heavy (non-hydrogen) atoms. The van der Waals surface area contributed by atoms with Crippen LogP contribution in [0.4, 0.5) is 11.4 Å². The summed E-state index contributed by atoms with van der Waals surface area (Å²) >= 11 is 0. The Balaban J connectivity index is 3.12. The van der Waals surface area contributed by atoms with Crippen LogP contribution in [0, 0.1) is 4.91 Å². The third-order valence-corrected chi connectivity index (χ3v) is 1.57. The van der Waals surface area contributed by atoms with Crippen LogP contribution in [0.2, 0.25) is 0 Å². The summed E-state index contributed by atoms with van der Waals surface area (Å²) < 4.78 is 5.65. The van der Waals surface area contributed by atoms with Crippen LogP contribution < -0.4 is 10.5 Å². The van der Waals surface area contributed by atoms with Crippen molar-refractivity contribution >= 4 is 11.4 Å². The highest BCUT2D eigenvalue weighted by Crippen LogP contribution is 2.25. The molecule has 0 heterocycles. The lowest BCUT2D eigenvalue weighted by Gasteiger charge is -1.99. The molecule has 0 unspecified atom stereocenters. The fraction of sp³-hybridized carbons (Fsp3) is 0.250. The van der Waals surface area contributed by atoms with Gasteiger partial charge in [-0.3, -0.25) is 0 Å². The Morgan fingerprint density at radius 1 is 1.50 bits per heavy atom. The van der Waals surface area contributed by atoms with E-state index >= 15 is 0 Å². The van der Waals surface area contributed by atoms with E-state index in [1.54, 1.807) is 25.3 Å². The Labute approximate surface area is 70.5 Å². The molecule has 0 amide bonds. The summed E-state index contributed by atoms with van der Waals surface area (Å²) in [6.07, 6.45) is 0. The van der Waals surface area contributed by atoms with Crippen molar-refractivity contribution in [1.29, 1.82) is 0 Å². The van der Waals surface area contributed by atoms with E-state index in [9.17, 15) is 4.91 Å². The van der Waals surface area contributed by atoms with Crippen molar-refractivity contribution in [3.8, 4) is 5.75 Å². The highest BCUT2D eigenvalue weighted by atomic mass is 16.5. The van der Waals surface area contributed by atoms with E-state index in [1.807, 2.05) is 0 Å². The van der Waals surface area contributed by atoms with E-state index in [0.717, 1.165) is 4.76 Å². The van der Waals surface area contributed by atoms with Gasteiger partial charge < -0.3 is 10.5 Å². The van der Waals surface area contributed by atoms with Crippen molar-refractivity contribution in [2.45, 2.75) is 0 Å². The zero-order valence-electron chi connectivity index (χ0n) is 7.07. The molecule has 0 saturated carbocycles. The third-order valence-electron chi connectivity index (χ3n) is 1.57. The quantitative estimate of drug-likeness (QED) is 0.533. The molecule has 1 aromatic rings. The second-order valence-electron chi connectivity index (χ2n) is 2.42. The summed E-state index contributed by atoms with van der Waals surface area (Å²) in [5.41, 5.74) is 6.45. The van der Waals surface area contributed by atoms with E-state index < -0.39 is 0 Å². The van der Waals surface area contributed by atoms with Gasteiger partial charge in [-0.05, 0) is 6.07 Å². The van der Waals surface area contributed by atoms with Crippen molar-refractivity contribution in [2.75, 3.05) is 19.9 Å². The molecule has 0 aromatic heterocycles. The molecular weight excluding hydrogens is 156 g/mol. The molecule has 1 rings (SSSR count). The molecule has 0 bridgehead atoms. The number of nitrogens with two attached hydrogens (primary N) is 1. The van der Waals surface area contributed by atoms with Crippen LogP contribution in [-0.4, -0.2) is 18.9 Å². The Morgan fingerprint density at radius 3 is 2.58 bits per heavy atom. The van der Waals surface area contributed by atoms with Crippen LogP contribution in [0.15, 0.2) is 18.2 Å². The normalized spacial score (nSPS) is 9.50. The Morgan fingerprint density at radius 2 is 2.17 bits per heavy atom. The van der Waals surface area contributed by atoms with Gasteiger partial charge in [0.05, 0.1) is 7.11 Å². The van der Waals surface area contributed by atoms with Gasteiger partial charge in [0.25, 0.3) is 5.69 Å². The number of hydrogen-bond acceptors (Lipinski definition) is 3. The number of nitroso groups, excluding NO2 is 1. The lowest BCUT2D eigenvalue weighted by molar-refractivity contribution is -0.427. The van der Waals surface area contributed by atoms with Crippen LogP contribution in [-0.2, 0) is 0 Å². The maximum absolute atomic E-state index is 10.9. The number of rotatable bonds is 2. The maximum Gasteiger partial charge on any atom is 0.278 e. The fourth-order valence-corrected chi connectivity index (χ4v) is 0.946.